The molecule has 0 aliphatic carbocycles. The van der Waals surface area contributed by atoms with Crippen LogP contribution in [0.1, 0.15) is 375 Å². The zero-order chi connectivity index (χ0) is 67.0. The van der Waals surface area contributed by atoms with E-state index < -0.39 is 97.5 Å². The minimum absolute atomic E-state index is 0.107. The number of carbonyl (C=O) groups is 4. The highest BCUT2D eigenvalue weighted by atomic mass is 31.2. The Morgan fingerprint density at radius 3 is 0.780 bits per heavy atom. The number of phosphoric ester groups is 2. The molecule has 3 N–H and O–H groups in total. The average Bonchev–Trinajstić information content (AvgIpc) is 3.61. The molecule has 19 heteroatoms. The fourth-order valence-corrected chi connectivity index (χ4v) is 12.5. The van der Waals surface area contributed by atoms with Gasteiger partial charge in [-0.05, 0) is 31.6 Å². The quantitative estimate of drug-likeness (QED) is 0.0222. The van der Waals surface area contributed by atoms with Crippen LogP contribution < -0.4 is 0 Å². The molecule has 0 amide bonds. The van der Waals surface area contributed by atoms with Gasteiger partial charge < -0.3 is 33.8 Å². The minimum Gasteiger partial charge on any atom is -0.462 e. The largest absolute Gasteiger partial charge is 0.472 e. The van der Waals surface area contributed by atoms with Crippen molar-refractivity contribution >= 4 is 39.5 Å². The summed E-state index contributed by atoms with van der Waals surface area (Å²) in [6.45, 7) is 7.26. The van der Waals surface area contributed by atoms with Gasteiger partial charge in [0.2, 0.25) is 0 Å². The molecule has 0 aromatic rings. The van der Waals surface area contributed by atoms with Crippen molar-refractivity contribution in [3.05, 3.63) is 0 Å². The molecule has 17 nitrogen and oxygen atoms in total. The van der Waals surface area contributed by atoms with Crippen molar-refractivity contribution in [2.75, 3.05) is 39.6 Å². The summed E-state index contributed by atoms with van der Waals surface area (Å²) in [6, 6.07) is 0. The van der Waals surface area contributed by atoms with Gasteiger partial charge in [0.15, 0.2) is 12.2 Å². The SMILES string of the molecule is CCCCCCCCCCCCCCCCCCCCC(=O)O[C@H](COC(=O)CCCCCCCCCCCCC(C)CC)COP(=O)(O)OC[C@@H](O)COP(=O)(O)OC[C@@H](COC(=O)CCCCCCCCCC)OC(=O)CCCCCCCCCCCCC. The molecule has 0 aliphatic heterocycles. The van der Waals surface area contributed by atoms with Crippen LogP contribution in [-0.2, 0) is 65.4 Å². The van der Waals surface area contributed by atoms with E-state index in [1.54, 1.807) is 0 Å². The maximum Gasteiger partial charge on any atom is 0.472 e. The zero-order valence-corrected chi connectivity index (χ0v) is 60.8. The molecule has 540 valence electrons. The van der Waals surface area contributed by atoms with E-state index in [1.807, 2.05) is 0 Å². The summed E-state index contributed by atoms with van der Waals surface area (Å²) in [5.41, 5.74) is 0. The molecule has 0 aromatic heterocycles. The molecule has 0 spiro atoms. The summed E-state index contributed by atoms with van der Waals surface area (Å²) in [5, 5.41) is 10.6. The molecule has 0 saturated carbocycles. The number of carbonyl (C=O) groups excluding carboxylic acids is 4. The number of hydrogen-bond acceptors (Lipinski definition) is 15. The van der Waals surface area contributed by atoms with E-state index >= 15 is 0 Å². The maximum absolute atomic E-state index is 13.0. The van der Waals surface area contributed by atoms with E-state index in [2.05, 4.69) is 34.6 Å². The first-order chi connectivity index (χ1) is 44.1. The third-order valence-electron chi connectivity index (χ3n) is 17.1. The smallest absolute Gasteiger partial charge is 0.462 e. The lowest BCUT2D eigenvalue weighted by atomic mass is 9.99. The number of esters is 4. The van der Waals surface area contributed by atoms with Crippen LogP contribution in [-0.4, -0.2) is 96.7 Å². The predicted molar refractivity (Wildman–Crippen MR) is 368 cm³/mol. The van der Waals surface area contributed by atoms with Crippen LogP contribution in [0.5, 0.6) is 0 Å². The van der Waals surface area contributed by atoms with Crippen LogP contribution in [0.25, 0.3) is 0 Å². The van der Waals surface area contributed by atoms with Crippen LogP contribution >= 0.6 is 15.6 Å². The fraction of sp³-hybridized carbons (Fsp3) is 0.944. The Hall–Kier alpha value is -1.94. The van der Waals surface area contributed by atoms with Gasteiger partial charge in [0.25, 0.3) is 0 Å². The summed E-state index contributed by atoms with van der Waals surface area (Å²) in [5.74, 6) is -1.31. The van der Waals surface area contributed by atoms with Crippen LogP contribution in [0.15, 0.2) is 0 Å². The highest BCUT2D eigenvalue weighted by Gasteiger charge is 2.30. The molecule has 0 saturated heterocycles. The van der Waals surface area contributed by atoms with E-state index in [4.69, 9.17) is 37.0 Å². The summed E-state index contributed by atoms with van der Waals surface area (Å²) < 4.78 is 68.3. The van der Waals surface area contributed by atoms with Crippen molar-refractivity contribution in [3.8, 4) is 0 Å². The van der Waals surface area contributed by atoms with Crippen LogP contribution in [0, 0.1) is 5.92 Å². The van der Waals surface area contributed by atoms with Crippen molar-refractivity contribution in [1.29, 1.82) is 0 Å². The van der Waals surface area contributed by atoms with Crippen LogP contribution in [0.2, 0.25) is 0 Å². The van der Waals surface area contributed by atoms with E-state index in [1.165, 1.54) is 193 Å². The highest BCUT2D eigenvalue weighted by Crippen LogP contribution is 2.45. The van der Waals surface area contributed by atoms with Gasteiger partial charge in [0.05, 0.1) is 26.4 Å². The predicted octanol–water partition coefficient (Wildman–Crippen LogP) is 20.9. The Labute approximate surface area is 556 Å². The van der Waals surface area contributed by atoms with Gasteiger partial charge in [-0.25, -0.2) is 9.13 Å². The average molecular weight is 1340 g/mol. The van der Waals surface area contributed by atoms with Crippen LogP contribution in [0.4, 0.5) is 0 Å². The van der Waals surface area contributed by atoms with Crippen molar-refractivity contribution in [2.24, 2.45) is 5.92 Å². The van der Waals surface area contributed by atoms with Crippen LogP contribution in [0.3, 0.4) is 0 Å². The Kier molecular flexibility index (Phi) is 64.0. The molecular formula is C72H140O17P2. The molecule has 0 aliphatic rings. The third kappa shape index (κ3) is 65.1. The standard InChI is InChI=1S/C72H140O17P2/c1-6-10-13-16-19-22-24-25-26-27-28-29-30-32-38-43-48-53-58-72(77)89-68(62-83-70(75)56-51-46-41-36-34-33-35-39-44-49-54-65(5)9-4)64-87-91(80,81)85-60-66(73)59-84-90(78,79)86-63-67(61-82-69(74)55-50-45-40-21-18-15-12-8-3)88-71(76)57-52-47-42-37-31-23-20-17-14-11-7-2/h65-68,73H,6-64H2,1-5H3,(H,78,79)(H,80,81)/t65?,66-,67+,68+/m0/s1. The molecule has 0 radical (unpaired) electrons. The minimum atomic E-state index is -4.95. The fourth-order valence-electron chi connectivity index (χ4n) is 11.0. The summed E-state index contributed by atoms with van der Waals surface area (Å²) in [6.07, 6.45) is 52.6. The highest BCUT2D eigenvalue weighted by molar-refractivity contribution is 7.47. The van der Waals surface area contributed by atoms with E-state index in [0.717, 1.165) is 102 Å². The number of rotatable bonds is 72. The second kappa shape index (κ2) is 65.4. The molecule has 6 atom stereocenters. The molecule has 0 aromatic carbocycles. The Morgan fingerprint density at radius 2 is 0.527 bits per heavy atom. The van der Waals surface area contributed by atoms with Gasteiger partial charge >= 0.3 is 39.5 Å². The molecule has 0 heterocycles. The first kappa shape index (κ1) is 89.1. The van der Waals surface area contributed by atoms with Gasteiger partial charge in [-0.3, -0.25) is 37.3 Å². The number of ether oxygens (including phenoxy) is 4. The van der Waals surface area contributed by atoms with Crippen molar-refractivity contribution in [1.82, 2.24) is 0 Å². The van der Waals surface area contributed by atoms with Gasteiger partial charge in [0, 0.05) is 25.7 Å². The van der Waals surface area contributed by atoms with Gasteiger partial charge in [0.1, 0.15) is 19.3 Å². The number of unbranched alkanes of at least 4 members (excludes halogenated alkanes) is 43. The van der Waals surface area contributed by atoms with Gasteiger partial charge in [-0.1, -0.05) is 324 Å². The van der Waals surface area contributed by atoms with E-state index in [-0.39, 0.29) is 25.7 Å². The first-order valence-electron chi connectivity index (χ1n) is 37.7. The summed E-state index contributed by atoms with van der Waals surface area (Å²) in [4.78, 5) is 72.5. The summed E-state index contributed by atoms with van der Waals surface area (Å²) >= 11 is 0. The monoisotopic (exact) mass is 1340 g/mol. The normalized spacial score (nSPS) is 14.3. The Bertz CT molecular complexity index is 1760. The molecule has 0 rings (SSSR count). The second-order valence-corrected chi connectivity index (χ2v) is 29.1. The zero-order valence-electron chi connectivity index (χ0n) is 59.0. The lowest BCUT2D eigenvalue weighted by Crippen LogP contribution is -2.30. The lowest BCUT2D eigenvalue weighted by molar-refractivity contribution is -0.161. The van der Waals surface area contributed by atoms with Crippen molar-refractivity contribution in [3.63, 3.8) is 0 Å². The Balaban J connectivity index is 5.21. The second-order valence-electron chi connectivity index (χ2n) is 26.2. The topological polar surface area (TPSA) is 237 Å². The van der Waals surface area contributed by atoms with Crippen molar-refractivity contribution < 1.29 is 80.2 Å². The molecule has 0 fully saturated rings. The molecule has 0 bridgehead atoms. The number of aliphatic hydroxyl groups excluding tert-OH is 1. The van der Waals surface area contributed by atoms with Gasteiger partial charge in [-0.2, -0.15) is 0 Å². The number of aliphatic hydroxyl groups is 1. The molecular weight excluding hydrogens is 1200 g/mol. The summed E-state index contributed by atoms with van der Waals surface area (Å²) in [7, 11) is -9.90. The van der Waals surface area contributed by atoms with E-state index in [9.17, 15) is 43.2 Å². The van der Waals surface area contributed by atoms with Gasteiger partial charge in [-0.15, -0.1) is 0 Å². The maximum atomic E-state index is 13.0. The Morgan fingerprint density at radius 1 is 0.308 bits per heavy atom. The van der Waals surface area contributed by atoms with Crippen molar-refractivity contribution in [2.45, 2.75) is 393 Å². The first-order valence-corrected chi connectivity index (χ1v) is 40.7. The molecule has 3 unspecified atom stereocenters. The number of phosphoric acid groups is 2. The molecule has 91 heavy (non-hydrogen) atoms. The van der Waals surface area contributed by atoms with E-state index in [0.29, 0.717) is 25.7 Å². The third-order valence-corrected chi connectivity index (χ3v) is 19.0. The number of hydrogen-bond donors (Lipinski definition) is 3. The lowest BCUT2D eigenvalue weighted by Gasteiger charge is -2.21.